The molecule has 1 fully saturated rings. The van der Waals surface area contributed by atoms with Crippen LogP contribution in [-0.2, 0) is 29.6 Å². The van der Waals surface area contributed by atoms with Gasteiger partial charge in [0.25, 0.3) is 0 Å². The van der Waals surface area contributed by atoms with Crippen LogP contribution >= 0.6 is 11.9 Å². The average Bonchev–Trinajstić information content (AvgIpc) is 3.33. The molecule has 0 aliphatic carbocycles. The van der Waals surface area contributed by atoms with Crippen LogP contribution in [0.4, 0.5) is 5.69 Å². The number of nitrogens with zero attached hydrogens (tertiary/aromatic N) is 2. The van der Waals surface area contributed by atoms with E-state index in [1.54, 1.807) is 18.9 Å². The van der Waals surface area contributed by atoms with E-state index in [0.29, 0.717) is 12.2 Å². The molecule has 0 N–H and O–H groups in total. The summed E-state index contributed by atoms with van der Waals surface area (Å²) >= 11 is 1.68. The van der Waals surface area contributed by atoms with Crippen LogP contribution in [-0.4, -0.2) is 48.5 Å². The molecule has 4 rings (SSSR count). The van der Waals surface area contributed by atoms with Gasteiger partial charge in [-0.2, -0.15) is 0 Å². The molecule has 8 heteroatoms. The molecule has 4 unspecified atom stereocenters. The van der Waals surface area contributed by atoms with Gasteiger partial charge < -0.3 is 18.7 Å². The fourth-order valence-electron chi connectivity index (χ4n) is 4.86. The lowest BCUT2D eigenvalue weighted by Gasteiger charge is -2.47. The van der Waals surface area contributed by atoms with E-state index in [2.05, 4.69) is 29.6 Å². The summed E-state index contributed by atoms with van der Waals surface area (Å²) in [5.41, 5.74) is 3.49. The Morgan fingerprint density at radius 2 is 1.91 bits per heavy atom. The zero-order valence-electron chi connectivity index (χ0n) is 18.9. The number of benzene rings is 1. The van der Waals surface area contributed by atoms with Gasteiger partial charge in [-0.15, -0.1) is 0 Å². The lowest BCUT2D eigenvalue weighted by Crippen LogP contribution is -2.63. The summed E-state index contributed by atoms with van der Waals surface area (Å²) in [6.07, 6.45) is 3.00. The third kappa shape index (κ3) is 3.97. The molecule has 7 nitrogen and oxygen atoms in total. The lowest BCUT2D eigenvalue weighted by molar-refractivity contribution is -0.168. The molecular formula is C25H28N2O5S. The highest BCUT2D eigenvalue weighted by Gasteiger charge is 2.61. The van der Waals surface area contributed by atoms with Crippen LogP contribution in [0.5, 0.6) is 0 Å². The number of esters is 2. The average molecular weight is 469 g/mol. The van der Waals surface area contributed by atoms with E-state index in [1.807, 2.05) is 19.1 Å². The van der Waals surface area contributed by atoms with Crippen LogP contribution in [0.3, 0.4) is 0 Å². The fourth-order valence-corrected chi connectivity index (χ4v) is 5.95. The van der Waals surface area contributed by atoms with Crippen molar-refractivity contribution < 1.29 is 23.9 Å². The van der Waals surface area contributed by atoms with Gasteiger partial charge in [-0.3, -0.25) is 9.59 Å². The molecule has 0 aromatic heterocycles. The van der Waals surface area contributed by atoms with Crippen LogP contribution in [0.25, 0.3) is 0 Å². The van der Waals surface area contributed by atoms with Crippen molar-refractivity contribution in [2.24, 2.45) is 17.8 Å². The summed E-state index contributed by atoms with van der Waals surface area (Å²) in [6, 6.07) is 7.88. The maximum atomic E-state index is 13.2. The van der Waals surface area contributed by atoms with Crippen molar-refractivity contribution in [3.8, 4) is 0 Å². The van der Waals surface area contributed by atoms with Crippen molar-refractivity contribution in [3.63, 3.8) is 0 Å². The van der Waals surface area contributed by atoms with E-state index < -0.39 is 23.8 Å². The van der Waals surface area contributed by atoms with E-state index in [1.165, 1.54) is 22.6 Å². The van der Waals surface area contributed by atoms with Crippen molar-refractivity contribution >= 4 is 35.5 Å². The summed E-state index contributed by atoms with van der Waals surface area (Å²) in [6.45, 7) is 11.5. The van der Waals surface area contributed by atoms with Gasteiger partial charge in [0.05, 0.1) is 30.1 Å². The van der Waals surface area contributed by atoms with Gasteiger partial charge in [-0.1, -0.05) is 57.4 Å². The molecule has 0 saturated carbocycles. The first kappa shape index (κ1) is 23.2. The molecule has 1 amide bonds. The lowest BCUT2D eigenvalue weighted by atomic mass is 9.74. The maximum absolute atomic E-state index is 13.2. The Kier molecular flexibility index (Phi) is 6.65. The second-order valence-electron chi connectivity index (χ2n) is 8.42. The highest BCUT2D eigenvalue weighted by atomic mass is 32.2. The smallest absolute Gasteiger partial charge is 0.355 e. The number of ether oxygens (including phenoxy) is 2. The van der Waals surface area contributed by atoms with Gasteiger partial charge in [0.1, 0.15) is 18.9 Å². The Bertz CT molecular complexity index is 1040. The molecule has 3 aliphatic rings. The molecule has 4 atom stereocenters. The second kappa shape index (κ2) is 9.47. The monoisotopic (exact) mass is 468 g/mol. The minimum absolute atomic E-state index is 0.0612. The predicted molar refractivity (Wildman–Crippen MR) is 127 cm³/mol. The van der Waals surface area contributed by atoms with E-state index >= 15 is 0 Å². The third-order valence-electron chi connectivity index (χ3n) is 6.53. The quantitative estimate of drug-likeness (QED) is 0.238. The number of para-hydroxylation sites is 1. The van der Waals surface area contributed by atoms with Crippen molar-refractivity contribution in [2.75, 3.05) is 24.1 Å². The first-order valence-corrected chi connectivity index (χ1v) is 11.9. The minimum Gasteiger partial charge on any atom is -0.461 e. The number of carbonyl (C=O) groups excluding carboxylic acids is 3. The van der Waals surface area contributed by atoms with E-state index in [9.17, 15) is 14.4 Å². The molecule has 174 valence electrons. The van der Waals surface area contributed by atoms with Crippen molar-refractivity contribution in [1.29, 1.82) is 0 Å². The van der Waals surface area contributed by atoms with Crippen LogP contribution < -0.4 is 4.31 Å². The maximum Gasteiger partial charge on any atom is 0.355 e. The Hall–Kier alpha value is -3.00. The van der Waals surface area contributed by atoms with Crippen molar-refractivity contribution in [3.05, 3.63) is 66.4 Å². The molecule has 0 bridgehead atoms. The van der Waals surface area contributed by atoms with Crippen molar-refractivity contribution in [1.82, 2.24) is 4.90 Å². The number of hydrogen-bond acceptors (Lipinski definition) is 7. The van der Waals surface area contributed by atoms with Crippen LogP contribution in [0, 0.1) is 17.8 Å². The van der Waals surface area contributed by atoms with Gasteiger partial charge in [0.15, 0.2) is 0 Å². The molecule has 1 saturated heterocycles. The Balaban J connectivity index is 1.62. The summed E-state index contributed by atoms with van der Waals surface area (Å²) in [7, 11) is 0. The first-order valence-electron chi connectivity index (χ1n) is 11.0. The molecule has 1 aromatic carbocycles. The highest BCUT2D eigenvalue weighted by Crippen LogP contribution is 2.50. The second-order valence-corrected chi connectivity index (χ2v) is 9.41. The number of carbonyl (C=O) groups is 3. The molecular weight excluding hydrogens is 440 g/mol. The standard InChI is InChI=1S/C25H28N2O5S/c1-5-11-31-24(29)16(4)20-21-15(3)18(13-26-19-10-8-7-9-17(19)14-33-26)22(27(21)23(20)28)25(30)32-12-6-2/h5-10,15-16,20-21H,1-2,11-14H2,3-4H3. The molecule has 1 aromatic rings. The molecule has 33 heavy (non-hydrogen) atoms. The van der Waals surface area contributed by atoms with Crippen LogP contribution in [0.1, 0.15) is 19.4 Å². The SMILES string of the molecule is C=CCOC(=O)C1=C(CN2SCc3ccccc32)C(C)C2C(C(C)C(=O)OCC=C)C(=O)N12. The summed E-state index contributed by atoms with van der Waals surface area (Å²) < 4.78 is 12.7. The third-order valence-corrected chi connectivity index (χ3v) is 7.60. The van der Waals surface area contributed by atoms with Crippen molar-refractivity contribution in [2.45, 2.75) is 25.6 Å². The zero-order chi connectivity index (χ0) is 23.7. The molecule has 0 spiro atoms. The zero-order valence-corrected chi connectivity index (χ0v) is 19.7. The Morgan fingerprint density at radius 1 is 1.21 bits per heavy atom. The van der Waals surface area contributed by atoms with Crippen LogP contribution in [0.2, 0.25) is 0 Å². The van der Waals surface area contributed by atoms with E-state index in [0.717, 1.165) is 17.0 Å². The number of fused-ring (bicyclic) bond motifs is 2. The van der Waals surface area contributed by atoms with E-state index in [4.69, 9.17) is 9.47 Å². The largest absolute Gasteiger partial charge is 0.461 e. The summed E-state index contributed by atoms with van der Waals surface area (Å²) in [5, 5.41) is 0. The normalized spacial score (nSPS) is 24.1. The Labute approximate surface area is 198 Å². The molecule has 3 heterocycles. The Morgan fingerprint density at radius 3 is 2.64 bits per heavy atom. The number of rotatable bonds is 9. The number of anilines is 1. The summed E-state index contributed by atoms with van der Waals surface area (Å²) in [5.74, 6) is -1.64. The topological polar surface area (TPSA) is 76.1 Å². The number of hydrogen-bond donors (Lipinski definition) is 0. The number of β-lactam (4-membered cyclic amide) rings is 1. The van der Waals surface area contributed by atoms with Gasteiger partial charge in [-0.25, -0.2) is 4.79 Å². The van der Waals surface area contributed by atoms with Crippen LogP contribution in [0.15, 0.2) is 60.8 Å². The highest BCUT2D eigenvalue weighted by molar-refractivity contribution is 8.00. The number of amides is 1. The minimum atomic E-state index is -0.618. The predicted octanol–water partition coefficient (Wildman–Crippen LogP) is 3.48. The fraction of sp³-hybridized carbons (Fsp3) is 0.400. The van der Waals surface area contributed by atoms with Gasteiger partial charge >= 0.3 is 11.9 Å². The van der Waals surface area contributed by atoms with Gasteiger partial charge in [0, 0.05) is 11.7 Å². The summed E-state index contributed by atoms with van der Waals surface area (Å²) in [4.78, 5) is 40.2. The van der Waals surface area contributed by atoms with Gasteiger partial charge in [-0.05, 0) is 29.2 Å². The van der Waals surface area contributed by atoms with Gasteiger partial charge in [0.2, 0.25) is 5.91 Å². The molecule has 3 aliphatic heterocycles. The molecule has 0 radical (unpaired) electrons. The first-order chi connectivity index (χ1) is 15.9. The van der Waals surface area contributed by atoms with E-state index in [-0.39, 0.29) is 31.1 Å².